The van der Waals surface area contributed by atoms with Gasteiger partial charge in [0.1, 0.15) is 0 Å². The number of likely N-dealkylation sites (tertiary alicyclic amines) is 1. The summed E-state index contributed by atoms with van der Waals surface area (Å²) < 4.78 is 5.26. The molecule has 7 heteroatoms. The lowest BCUT2D eigenvalue weighted by Gasteiger charge is -2.20. The van der Waals surface area contributed by atoms with Crippen LogP contribution in [0.1, 0.15) is 31.0 Å². The molecule has 0 aromatic carbocycles. The van der Waals surface area contributed by atoms with Crippen LogP contribution >= 0.6 is 0 Å². The molecule has 1 aromatic heterocycles. The second-order valence-electron chi connectivity index (χ2n) is 5.59. The zero-order valence-corrected chi connectivity index (χ0v) is 11.7. The molecule has 20 heavy (non-hydrogen) atoms. The van der Waals surface area contributed by atoms with Gasteiger partial charge in [-0.3, -0.25) is 9.59 Å². The van der Waals surface area contributed by atoms with Gasteiger partial charge in [-0.1, -0.05) is 0 Å². The number of aryl methyl sites for hydroxylation is 1. The van der Waals surface area contributed by atoms with Gasteiger partial charge in [0.15, 0.2) is 0 Å². The number of amides is 2. The van der Waals surface area contributed by atoms with Crippen LogP contribution in [0.15, 0.2) is 4.42 Å². The molecule has 0 N–H and O–H groups in total. The fourth-order valence-electron chi connectivity index (χ4n) is 2.63. The number of hydrogen-bond acceptors (Lipinski definition) is 5. The van der Waals surface area contributed by atoms with Crippen LogP contribution < -0.4 is 0 Å². The summed E-state index contributed by atoms with van der Waals surface area (Å²) in [6, 6.07) is 0.379. The Morgan fingerprint density at radius 1 is 1.45 bits per heavy atom. The molecule has 2 fully saturated rings. The maximum atomic E-state index is 12.3. The van der Waals surface area contributed by atoms with E-state index in [2.05, 4.69) is 10.2 Å². The first kappa shape index (κ1) is 13.1. The van der Waals surface area contributed by atoms with Gasteiger partial charge >= 0.3 is 0 Å². The normalized spacial score (nSPS) is 22.4. The molecule has 0 radical (unpaired) electrons. The van der Waals surface area contributed by atoms with Crippen molar-refractivity contribution in [2.24, 2.45) is 5.92 Å². The first-order valence-corrected chi connectivity index (χ1v) is 6.88. The maximum Gasteiger partial charge on any atom is 0.235 e. The molecule has 3 rings (SSSR count). The fraction of sp³-hybridized carbons (Fsp3) is 0.692. The molecule has 2 heterocycles. The van der Waals surface area contributed by atoms with Crippen molar-refractivity contribution in [2.75, 3.05) is 13.6 Å². The Labute approximate surface area is 116 Å². The highest BCUT2D eigenvalue weighted by atomic mass is 16.4. The Balaban J connectivity index is 1.59. The Morgan fingerprint density at radius 2 is 2.20 bits per heavy atom. The lowest BCUT2D eigenvalue weighted by molar-refractivity contribution is -0.135. The topological polar surface area (TPSA) is 79.5 Å². The van der Waals surface area contributed by atoms with Crippen LogP contribution in [0.3, 0.4) is 0 Å². The summed E-state index contributed by atoms with van der Waals surface area (Å²) in [5.41, 5.74) is 0. The Hall–Kier alpha value is -1.92. The Morgan fingerprint density at radius 3 is 2.80 bits per heavy atom. The average molecular weight is 278 g/mol. The van der Waals surface area contributed by atoms with Gasteiger partial charge in [0, 0.05) is 33.0 Å². The molecule has 1 aliphatic heterocycles. The van der Waals surface area contributed by atoms with Crippen molar-refractivity contribution in [1.82, 2.24) is 20.0 Å². The summed E-state index contributed by atoms with van der Waals surface area (Å²) in [4.78, 5) is 27.6. The fourth-order valence-corrected chi connectivity index (χ4v) is 2.63. The minimum atomic E-state index is -0.239. The predicted molar refractivity (Wildman–Crippen MR) is 68.4 cm³/mol. The number of hydrogen-bond donors (Lipinski definition) is 0. The lowest BCUT2D eigenvalue weighted by atomic mass is 10.1. The van der Waals surface area contributed by atoms with Crippen molar-refractivity contribution in [3.05, 3.63) is 11.8 Å². The maximum absolute atomic E-state index is 12.3. The van der Waals surface area contributed by atoms with E-state index in [1.165, 1.54) is 0 Å². The van der Waals surface area contributed by atoms with Gasteiger partial charge in [0.05, 0.1) is 12.5 Å². The zero-order chi connectivity index (χ0) is 14.3. The standard InChI is InChI=1S/C13H18N4O3/c1-8-14-15-11(20-8)7-16(2)13(19)9-5-12(18)17(6-9)10-3-4-10/h9-10H,3-7H2,1-2H3/t9-/m0/s1. The van der Waals surface area contributed by atoms with E-state index in [9.17, 15) is 9.59 Å². The van der Waals surface area contributed by atoms with Gasteiger partial charge in [0.2, 0.25) is 23.6 Å². The van der Waals surface area contributed by atoms with E-state index in [0.717, 1.165) is 12.8 Å². The van der Waals surface area contributed by atoms with E-state index < -0.39 is 0 Å². The lowest BCUT2D eigenvalue weighted by Crippen LogP contribution is -2.34. The smallest absolute Gasteiger partial charge is 0.235 e. The van der Waals surface area contributed by atoms with Crippen molar-refractivity contribution in [3.8, 4) is 0 Å². The van der Waals surface area contributed by atoms with Crippen LogP contribution in [0.5, 0.6) is 0 Å². The van der Waals surface area contributed by atoms with Gasteiger partial charge in [-0.05, 0) is 12.8 Å². The second kappa shape index (κ2) is 4.88. The van der Waals surface area contributed by atoms with Crippen molar-refractivity contribution in [1.29, 1.82) is 0 Å². The van der Waals surface area contributed by atoms with E-state index in [4.69, 9.17) is 4.42 Å². The molecule has 1 aliphatic carbocycles. The molecular weight excluding hydrogens is 260 g/mol. The molecular formula is C13H18N4O3. The highest BCUT2D eigenvalue weighted by Gasteiger charge is 2.42. The Bertz CT molecular complexity index is 537. The van der Waals surface area contributed by atoms with Crippen molar-refractivity contribution >= 4 is 11.8 Å². The summed E-state index contributed by atoms with van der Waals surface area (Å²) in [6.45, 7) is 2.55. The van der Waals surface area contributed by atoms with E-state index in [1.807, 2.05) is 4.90 Å². The molecule has 108 valence electrons. The van der Waals surface area contributed by atoms with Gasteiger partial charge < -0.3 is 14.2 Å². The third-order valence-corrected chi connectivity index (χ3v) is 3.81. The van der Waals surface area contributed by atoms with E-state index in [0.29, 0.717) is 30.8 Å². The van der Waals surface area contributed by atoms with Crippen LogP contribution in [-0.2, 0) is 16.1 Å². The van der Waals surface area contributed by atoms with Crippen LogP contribution in [0, 0.1) is 12.8 Å². The average Bonchev–Trinajstić information content (AvgIpc) is 3.06. The van der Waals surface area contributed by atoms with Gasteiger partial charge in [0.25, 0.3) is 0 Å². The highest BCUT2D eigenvalue weighted by Crippen LogP contribution is 2.33. The number of carbonyl (C=O) groups excluding carboxylic acids is 2. The van der Waals surface area contributed by atoms with Gasteiger partial charge in [-0.2, -0.15) is 0 Å². The molecule has 0 spiro atoms. The van der Waals surface area contributed by atoms with Crippen molar-refractivity contribution < 1.29 is 14.0 Å². The van der Waals surface area contributed by atoms with Crippen LogP contribution in [0.2, 0.25) is 0 Å². The third kappa shape index (κ3) is 2.52. The summed E-state index contributed by atoms with van der Waals surface area (Å²) in [5.74, 6) is 0.737. The van der Waals surface area contributed by atoms with Crippen molar-refractivity contribution in [2.45, 2.75) is 38.8 Å². The molecule has 1 atom stereocenters. The zero-order valence-electron chi connectivity index (χ0n) is 11.7. The molecule has 0 bridgehead atoms. The number of rotatable bonds is 4. The number of nitrogens with zero attached hydrogens (tertiary/aromatic N) is 4. The monoisotopic (exact) mass is 278 g/mol. The first-order valence-electron chi connectivity index (χ1n) is 6.88. The summed E-state index contributed by atoms with van der Waals surface area (Å²) >= 11 is 0. The third-order valence-electron chi connectivity index (χ3n) is 3.81. The quantitative estimate of drug-likeness (QED) is 0.794. The first-order chi connectivity index (χ1) is 9.54. The van der Waals surface area contributed by atoms with Crippen LogP contribution in [0.4, 0.5) is 0 Å². The predicted octanol–water partition coefficient (Wildman–Crippen LogP) is 0.347. The number of aromatic nitrogens is 2. The minimum absolute atomic E-state index is 0.0302. The van der Waals surface area contributed by atoms with E-state index in [-0.39, 0.29) is 24.3 Å². The van der Waals surface area contributed by atoms with Crippen LogP contribution in [0.25, 0.3) is 0 Å². The van der Waals surface area contributed by atoms with E-state index in [1.54, 1.807) is 18.9 Å². The highest BCUT2D eigenvalue weighted by molar-refractivity contribution is 5.89. The van der Waals surface area contributed by atoms with Crippen LogP contribution in [-0.4, -0.2) is 51.4 Å². The molecule has 1 saturated carbocycles. The number of carbonyl (C=O) groups is 2. The van der Waals surface area contributed by atoms with Gasteiger partial charge in [-0.15, -0.1) is 10.2 Å². The molecule has 2 aliphatic rings. The molecule has 1 aromatic rings. The summed E-state index contributed by atoms with van der Waals surface area (Å²) in [5, 5.41) is 7.61. The molecule has 2 amide bonds. The summed E-state index contributed by atoms with van der Waals surface area (Å²) in [7, 11) is 1.70. The SMILES string of the molecule is Cc1nnc(CN(C)C(=O)[C@H]2CC(=O)N(C3CC3)C2)o1. The largest absolute Gasteiger partial charge is 0.424 e. The molecule has 0 unspecified atom stereocenters. The molecule has 7 nitrogen and oxygen atoms in total. The molecule has 1 saturated heterocycles. The Kier molecular flexibility index (Phi) is 3.19. The minimum Gasteiger partial charge on any atom is -0.424 e. The summed E-state index contributed by atoms with van der Waals surface area (Å²) in [6.07, 6.45) is 2.47. The van der Waals surface area contributed by atoms with Crippen molar-refractivity contribution in [3.63, 3.8) is 0 Å². The van der Waals surface area contributed by atoms with Gasteiger partial charge in [-0.25, -0.2) is 0 Å². The van der Waals surface area contributed by atoms with E-state index >= 15 is 0 Å². The second-order valence-corrected chi connectivity index (χ2v) is 5.59.